The molecule has 0 aliphatic carbocycles. The first kappa shape index (κ1) is 24.0. The largest absolute Gasteiger partial charge is 0.573 e. The minimum atomic E-state index is -4.89. The fourth-order valence-corrected chi connectivity index (χ4v) is 6.66. The maximum atomic E-state index is 13.2. The summed E-state index contributed by atoms with van der Waals surface area (Å²) in [5, 5.41) is 0. The second kappa shape index (κ2) is 7.97. The van der Waals surface area contributed by atoms with Crippen LogP contribution >= 0.6 is 0 Å². The monoisotopic (exact) mass is 497 g/mol. The molecule has 1 aromatic carbocycles. The number of benzene rings is 1. The van der Waals surface area contributed by atoms with Crippen LogP contribution in [-0.4, -0.2) is 46.2 Å². The summed E-state index contributed by atoms with van der Waals surface area (Å²) in [6, 6.07) is 6.15. The predicted octanol–water partition coefficient (Wildman–Crippen LogP) is 3.67. The molecular weight excluding hydrogens is 475 g/mol. The molecule has 1 aliphatic rings. The van der Waals surface area contributed by atoms with E-state index >= 15 is 0 Å². The summed E-state index contributed by atoms with van der Waals surface area (Å²) < 4.78 is 67.6. The van der Waals surface area contributed by atoms with Crippen LogP contribution in [0, 0.1) is 5.41 Å². The van der Waals surface area contributed by atoms with Crippen LogP contribution in [0.25, 0.3) is 16.9 Å². The van der Waals surface area contributed by atoms with Gasteiger partial charge in [-0.25, -0.2) is 22.8 Å². The number of fused-ring (bicyclic) bond motifs is 1. The van der Waals surface area contributed by atoms with Crippen molar-refractivity contribution in [2.45, 2.75) is 39.6 Å². The summed E-state index contributed by atoms with van der Waals surface area (Å²) in [6.07, 6.45) is -3.58. The van der Waals surface area contributed by atoms with Crippen LogP contribution in [0.4, 0.5) is 13.2 Å². The maximum Gasteiger partial charge on any atom is 0.573 e. The number of alkyl halides is 3. The Morgan fingerprint density at radius 3 is 2.50 bits per heavy atom. The average Bonchev–Trinajstić information content (AvgIpc) is 2.95. The molecule has 0 bridgehead atoms. The van der Waals surface area contributed by atoms with Crippen molar-refractivity contribution in [3.05, 3.63) is 52.6 Å². The second-order valence-corrected chi connectivity index (χ2v) is 11.2. The van der Waals surface area contributed by atoms with Gasteiger partial charge in [-0.1, -0.05) is 13.0 Å². The highest BCUT2D eigenvalue weighted by Gasteiger charge is 2.45. The smallest absolute Gasteiger partial charge is 0.406 e. The van der Waals surface area contributed by atoms with Crippen molar-refractivity contribution in [2.75, 3.05) is 11.5 Å². The Hall–Kier alpha value is -3.15. The molecule has 0 amide bonds. The van der Waals surface area contributed by atoms with Gasteiger partial charge in [0.2, 0.25) is 0 Å². The van der Waals surface area contributed by atoms with Gasteiger partial charge in [-0.2, -0.15) is 0 Å². The number of carbonyl (C=O) groups excluding carboxylic acids is 1. The molecule has 1 aliphatic heterocycles. The standard InChI is InChI=1S/C22H22F3N3O5S/c1-13(2)27-17-7-14(18(29)9-21(3)11-34(31,32)12-21)10-26-19(17)28(20(27)30)15-5-4-6-16(8-15)33-22(23,24)25/h4-8,10,13H,9,11-12H2,1-3H3. The van der Waals surface area contributed by atoms with Crippen LogP contribution in [0.1, 0.15) is 43.6 Å². The van der Waals surface area contributed by atoms with Gasteiger partial charge < -0.3 is 4.74 Å². The van der Waals surface area contributed by atoms with Crippen LogP contribution in [0.5, 0.6) is 5.75 Å². The summed E-state index contributed by atoms with van der Waals surface area (Å²) in [7, 11) is -3.11. The van der Waals surface area contributed by atoms with E-state index in [4.69, 9.17) is 0 Å². The number of imidazole rings is 1. The van der Waals surface area contributed by atoms with Crippen molar-refractivity contribution in [2.24, 2.45) is 5.41 Å². The average molecular weight is 497 g/mol. The number of hydrogen-bond donors (Lipinski definition) is 0. The van der Waals surface area contributed by atoms with Crippen molar-refractivity contribution in [1.82, 2.24) is 14.1 Å². The highest BCUT2D eigenvalue weighted by molar-refractivity contribution is 7.92. The lowest BCUT2D eigenvalue weighted by Crippen LogP contribution is -2.47. The molecule has 4 rings (SSSR count). The number of halogens is 3. The van der Waals surface area contributed by atoms with E-state index < -0.39 is 33.1 Å². The van der Waals surface area contributed by atoms with E-state index in [1.54, 1.807) is 20.8 Å². The minimum absolute atomic E-state index is 0.0167. The lowest BCUT2D eigenvalue weighted by molar-refractivity contribution is -0.274. The second-order valence-electron chi connectivity index (χ2n) is 9.14. The van der Waals surface area contributed by atoms with E-state index in [0.29, 0.717) is 5.52 Å². The number of ketones is 1. The third-order valence-electron chi connectivity index (χ3n) is 5.59. The van der Waals surface area contributed by atoms with Gasteiger partial charge in [-0.3, -0.25) is 9.36 Å². The van der Waals surface area contributed by atoms with Gasteiger partial charge in [0.25, 0.3) is 0 Å². The topological polar surface area (TPSA) is 100 Å². The van der Waals surface area contributed by atoms with Gasteiger partial charge in [-0.05, 0) is 32.0 Å². The Balaban J connectivity index is 1.78. The quantitative estimate of drug-likeness (QED) is 0.482. The molecule has 0 N–H and O–H groups in total. The number of aromatic nitrogens is 3. The molecule has 3 heterocycles. The molecule has 1 saturated heterocycles. The number of ether oxygens (including phenoxy) is 1. The summed E-state index contributed by atoms with van der Waals surface area (Å²) in [4.78, 5) is 30.4. The third-order valence-corrected chi connectivity index (χ3v) is 7.86. The summed E-state index contributed by atoms with van der Waals surface area (Å²) in [6.45, 7) is 5.24. The van der Waals surface area contributed by atoms with Crippen LogP contribution in [-0.2, 0) is 9.84 Å². The molecule has 12 heteroatoms. The van der Waals surface area contributed by atoms with Gasteiger partial charge in [0, 0.05) is 35.7 Å². The highest BCUT2D eigenvalue weighted by atomic mass is 32.2. The zero-order valence-electron chi connectivity index (χ0n) is 18.6. The minimum Gasteiger partial charge on any atom is -0.406 e. The van der Waals surface area contributed by atoms with Crippen molar-refractivity contribution in [3.8, 4) is 11.4 Å². The number of pyridine rings is 1. The summed E-state index contributed by atoms with van der Waals surface area (Å²) in [5.74, 6) is -0.920. The summed E-state index contributed by atoms with van der Waals surface area (Å²) >= 11 is 0. The Bertz CT molecular complexity index is 1440. The molecule has 1 fully saturated rings. The van der Waals surface area contributed by atoms with Gasteiger partial charge in [0.1, 0.15) is 5.75 Å². The van der Waals surface area contributed by atoms with Crippen LogP contribution in [0.2, 0.25) is 0 Å². The fraction of sp³-hybridized carbons (Fsp3) is 0.409. The SMILES string of the molecule is CC(C)n1c(=O)n(-c2cccc(OC(F)(F)F)c2)c2ncc(C(=O)CC3(C)CS(=O)(=O)C3)cc21. The molecule has 3 aromatic rings. The van der Waals surface area contributed by atoms with Crippen LogP contribution in [0.15, 0.2) is 41.3 Å². The molecule has 2 aromatic heterocycles. The van der Waals surface area contributed by atoms with E-state index in [2.05, 4.69) is 9.72 Å². The van der Waals surface area contributed by atoms with E-state index in [9.17, 15) is 31.2 Å². The van der Waals surface area contributed by atoms with Crippen molar-refractivity contribution in [1.29, 1.82) is 0 Å². The van der Waals surface area contributed by atoms with Crippen molar-refractivity contribution in [3.63, 3.8) is 0 Å². The number of rotatable bonds is 6. The van der Waals surface area contributed by atoms with Gasteiger partial charge >= 0.3 is 12.1 Å². The first-order valence-electron chi connectivity index (χ1n) is 10.4. The normalized spacial score (nSPS) is 17.0. The number of Topliss-reactive ketones (excluding diaryl/α,β-unsaturated/α-hetero) is 1. The van der Waals surface area contributed by atoms with Crippen molar-refractivity contribution >= 4 is 26.8 Å². The Kier molecular flexibility index (Phi) is 5.62. The van der Waals surface area contributed by atoms with Crippen molar-refractivity contribution < 1.29 is 31.1 Å². The maximum absolute atomic E-state index is 13.2. The van der Waals surface area contributed by atoms with Gasteiger partial charge in [0.05, 0.1) is 22.7 Å². The zero-order chi connectivity index (χ0) is 25.1. The molecule has 0 unspecified atom stereocenters. The van der Waals surface area contributed by atoms with E-state index in [1.807, 2.05) is 0 Å². The zero-order valence-corrected chi connectivity index (χ0v) is 19.4. The summed E-state index contributed by atoms with van der Waals surface area (Å²) in [5.41, 5.74) is -0.346. The molecule has 34 heavy (non-hydrogen) atoms. The molecule has 8 nitrogen and oxygen atoms in total. The molecule has 0 radical (unpaired) electrons. The van der Waals surface area contributed by atoms with Crippen LogP contribution < -0.4 is 10.4 Å². The van der Waals surface area contributed by atoms with Crippen LogP contribution in [0.3, 0.4) is 0 Å². The first-order chi connectivity index (χ1) is 15.7. The lowest BCUT2D eigenvalue weighted by Gasteiger charge is -2.37. The highest BCUT2D eigenvalue weighted by Crippen LogP contribution is 2.37. The first-order valence-corrected chi connectivity index (χ1v) is 12.2. The van der Waals surface area contributed by atoms with Gasteiger partial charge in [-0.15, -0.1) is 13.2 Å². The molecule has 0 saturated carbocycles. The Morgan fingerprint density at radius 1 is 1.24 bits per heavy atom. The fourth-order valence-electron chi connectivity index (χ4n) is 4.41. The molecular formula is C22H22F3N3O5S. The van der Waals surface area contributed by atoms with E-state index in [-0.39, 0.29) is 46.6 Å². The van der Waals surface area contributed by atoms with Gasteiger partial charge in [0.15, 0.2) is 21.3 Å². The number of hydrogen-bond acceptors (Lipinski definition) is 6. The van der Waals surface area contributed by atoms with E-state index in [0.717, 1.165) is 16.7 Å². The predicted molar refractivity (Wildman–Crippen MR) is 118 cm³/mol. The Labute approximate surface area is 192 Å². The number of nitrogens with zero attached hydrogens (tertiary/aromatic N) is 3. The molecule has 0 atom stereocenters. The Morgan fingerprint density at radius 2 is 1.91 bits per heavy atom. The molecule has 0 spiro atoms. The number of sulfone groups is 1. The third kappa shape index (κ3) is 4.59. The lowest BCUT2D eigenvalue weighted by atomic mass is 9.86. The molecule has 182 valence electrons. The van der Waals surface area contributed by atoms with E-state index in [1.165, 1.54) is 29.0 Å². The number of carbonyl (C=O) groups is 1.